The van der Waals surface area contributed by atoms with Gasteiger partial charge in [0.15, 0.2) is 5.82 Å². The van der Waals surface area contributed by atoms with E-state index in [2.05, 4.69) is 20.1 Å². The van der Waals surface area contributed by atoms with Crippen molar-refractivity contribution in [2.45, 2.75) is 45.7 Å². The number of nitrogens with one attached hydrogen (secondary N) is 1. The van der Waals surface area contributed by atoms with Crippen LogP contribution in [0.15, 0.2) is 18.2 Å². The number of nitrogens with zero attached hydrogens (tertiary/aromatic N) is 3. The lowest BCUT2D eigenvalue weighted by Crippen LogP contribution is -2.25. The molecule has 2 N–H and O–H groups in total. The lowest BCUT2D eigenvalue weighted by molar-refractivity contribution is 0.0946. The van der Waals surface area contributed by atoms with Crippen molar-refractivity contribution in [2.24, 2.45) is 0 Å². The molecule has 22 heavy (non-hydrogen) atoms. The molecule has 0 spiro atoms. The van der Waals surface area contributed by atoms with E-state index >= 15 is 0 Å². The van der Waals surface area contributed by atoms with E-state index in [1.807, 2.05) is 6.92 Å². The highest BCUT2D eigenvalue weighted by atomic mass is 16.3. The van der Waals surface area contributed by atoms with Gasteiger partial charge >= 0.3 is 0 Å². The van der Waals surface area contributed by atoms with Crippen LogP contribution in [0.5, 0.6) is 5.75 Å². The molecule has 2 aromatic rings. The van der Waals surface area contributed by atoms with Crippen LogP contribution in [0.4, 0.5) is 0 Å². The fourth-order valence-corrected chi connectivity index (χ4v) is 2.76. The number of aromatic nitrogens is 3. The van der Waals surface area contributed by atoms with Crippen molar-refractivity contribution < 1.29 is 9.90 Å². The van der Waals surface area contributed by atoms with Crippen LogP contribution in [0.2, 0.25) is 0 Å². The summed E-state index contributed by atoms with van der Waals surface area (Å²) in [6.45, 7) is 3.11. The number of carbonyl (C=O) groups excluding carboxylic acids is 1. The normalized spacial score (nSPS) is 14.2. The second-order valence-corrected chi connectivity index (χ2v) is 5.70. The Morgan fingerprint density at radius 3 is 3.05 bits per heavy atom. The standard InChI is InChI=1S/C16H20N4O2/c1-11-6-7-13(21)12(9-11)16(22)17-10-15-19-18-14-5-3-2-4-8-20(14)15/h6-7,9,21H,2-5,8,10H2,1H3,(H,17,22). The maximum atomic E-state index is 12.2. The highest BCUT2D eigenvalue weighted by molar-refractivity contribution is 5.96. The van der Waals surface area contributed by atoms with E-state index < -0.39 is 0 Å². The Hall–Kier alpha value is -2.37. The van der Waals surface area contributed by atoms with Crippen LogP contribution in [-0.2, 0) is 19.5 Å². The maximum Gasteiger partial charge on any atom is 0.255 e. The first-order chi connectivity index (χ1) is 10.6. The van der Waals surface area contributed by atoms with Gasteiger partial charge in [-0.15, -0.1) is 10.2 Å². The SMILES string of the molecule is Cc1ccc(O)c(C(=O)NCc2nnc3n2CCCCC3)c1. The minimum atomic E-state index is -0.299. The summed E-state index contributed by atoms with van der Waals surface area (Å²) in [5.74, 6) is 1.47. The van der Waals surface area contributed by atoms with E-state index in [1.165, 1.54) is 12.5 Å². The van der Waals surface area contributed by atoms with Crippen molar-refractivity contribution in [1.82, 2.24) is 20.1 Å². The van der Waals surface area contributed by atoms with Crippen LogP contribution in [0.3, 0.4) is 0 Å². The van der Waals surface area contributed by atoms with E-state index in [-0.39, 0.29) is 17.2 Å². The Kier molecular flexibility index (Phi) is 4.09. The van der Waals surface area contributed by atoms with Crippen molar-refractivity contribution in [3.8, 4) is 5.75 Å². The minimum absolute atomic E-state index is 0.0110. The molecule has 1 aliphatic rings. The number of amides is 1. The maximum absolute atomic E-state index is 12.2. The molecule has 3 rings (SSSR count). The summed E-state index contributed by atoms with van der Waals surface area (Å²) >= 11 is 0. The molecule has 1 aromatic heterocycles. The molecule has 0 atom stereocenters. The van der Waals surface area contributed by atoms with Crippen molar-refractivity contribution in [3.63, 3.8) is 0 Å². The molecule has 2 heterocycles. The van der Waals surface area contributed by atoms with Crippen LogP contribution < -0.4 is 5.32 Å². The Bertz CT molecular complexity index is 693. The van der Waals surface area contributed by atoms with E-state index in [0.29, 0.717) is 6.54 Å². The summed E-state index contributed by atoms with van der Waals surface area (Å²) < 4.78 is 2.10. The second kappa shape index (κ2) is 6.17. The number of hydrogen-bond acceptors (Lipinski definition) is 4. The number of phenolic OH excluding ortho intramolecular Hbond substituents is 1. The van der Waals surface area contributed by atoms with Crippen molar-refractivity contribution in [1.29, 1.82) is 0 Å². The number of aryl methyl sites for hydroxylation is 2. The molecule has 1 amide bonds. The average molecular weight is 300 g/mol. The summed E-state index contributed by atoms with van der Waals surface area (Å²) in [5.41, 5.74) is 1.22. The lowest BCUT2D eigenvalue weighted by atomic mass is 10.1. The Morgan fingerprint density at radius 1 is 1.32 bits per heavy atom. The molecule has 0 bridgehead atoms. The quantitative estimate of drug-likeness (QED) is 0.908. The number of rotatable bonds is 3. The zero-order valence-electron chi connectivity index (χ0n) is 12.7. The first-order valence-electron chi connectivity index (χ1n) is 7.64. The molecule has 1 aromatic carbocycles. The summed E-state index contributed by atoms with van der Waals surface area (Å²) in [7, 11) is 0. The molecule has 6 heteroatoms. The Labute approximate surface area is 129 Å². The van der Waals surface area contributed by atoms with Gasteiger partial charge in [-0.25, -0.2) is 0 Å². The zero-order chi connectivity index (χ0) is 15.5. The zero-order valence-corrected chi connectivity index (χ0v) is 12.7. The molecule has 0 saturated carbocycles. The van der Waals surface area contributed by atoms with E-state index in [4.69, 9.17) is 0 Å². The highest BCUT2D eigenvalue weighted by Gasteiger charge is 2.16. The molecule has 1 aliphatic heterocycles. The van der Waals surface area contributed by atoms with Gasteiger partial charge in [0.1, 0.15) is 11.6 Å². The molecule has 0 aliphatic carbocycles. The molecule has 0 unspecified atom stereocenters. The average Bonchev–Trinajstić information content (AvgIpc) is 2.74. The number of carbonyl (C=O) groups is 1. The van der Waals surface area contributed by atoms with Crippen LogP contribution >= 0.6 is 0 Å². The number of fused-ring (bicyclic) bond motifs is 1. The summed E-state index contributed by atoms with van der Waals surface area (Å²) in [6, 6.07) is 4.98. The summed E-state index contributed by atoms with van der Waals surface area (Å²) in [5, 5.41) is 21.0. The van der Waals surface area contributed by atoms with Crippen LogP contribution in [0, 0.1) is 6.92 Å². The predicted molar refractivity (Wildman–Crippen MR) is 81.6 cm³/mol. The molecule has 0 saturated heterocycles. The third-order valence-corrected chi connectivity index (χ3v) is 3.99. The number of phenols is 1. The first-order valence-corrected chi connectivity index (χ1v) is 7.64. The Morgan fingerprint density at radius 2 is 2.18 bits per heavy atom. The van der Waals surface area contributed by atoms with Crippen molar-refractivity contribution >= 4 is 5.91 Å². The monoisotopic (exact) mass is 300 g/mol. The molecule has 0 fully saturated rings. The summed E-state index contributed by atoms with van der Waals surface area (Å²) in [6.07, 6.45) is 4.40. The van der Waals surface area contributed by atoms with Crippen molar-refractivity contribution in [3.05, 3.63) is 41.0 Å². The van der Waals surface area contributed by atoms with Gasteiger partial charge < -0.3 is 15.0 Å². The lowest BCUT2D eigenvalue weighted by Gasteiger charge is -2.09. The largest absolute Gasteiger partial charge is 0.507 e. The first kappa shape index (κ1) is 14.6. The molecular formula is C16H20N4O2. The smallest absolute Gasteiger partial charge is 0.255 e. The van der Waals surface area contributed by atoms with Crippen LogP contribution in [-0.4, -0.2) is 25.8 Å². The number of benzene rings is 1. The second-order valence-electron chi connectivity index (χ2n) is 5.70. The minimum Gasteiger partial charge on any atom is -0.507 e. The number of hydrogen-bond donors (Lipinski definition) is 2. The molecule has 0 radical (unpaired) electrons. The molecule has 116 valence electrons. The highest BCUT2D eigenvalue weighted by Crippen LogP contribution is 2.18. The van der Waals surface area contributed by atoms with E-state index in [0.717, 1.165) is 43.0 Å². The van der Waals surface area contributed by atoms with Gasteiger partial charge in [-0.2, -0.15) is 0 Å². The Balaban J connectivity index is 1.71. The predicted octanol–water partition coefficient (Wildman–Crippen LogP) is 1.95. The van der Waals surface area contributed by atoms with E-state index in [1.54, 1.807) is 12.1 Å². The third kappa shape index (κ3) is 2.95. The van der Waals surface area contributed by atoms with Crippen molar-refractivity contribution in [2.75, 3.05) is 0 Å². The van der Waals surface area contributed by atoms with Gasteiger partial charge in [-0.3, -0.25) is 4.79 Å². The third-order valence-electron chi connectivity index (χ3n) is 3.99. The molecule has 6 nitrogen and oxygen atoms in total. The fourth-order valence-electron chi connectivity index (χ4n) is 2.76. The fraction of sp³-hybridized carbons (Fsp3) is 0.438. The topological polar surface area (TPSA) is 80.0 Å². The molecular weight excluding hydrogens is 280 g/mol. The van der Waals surface area contributed by atoms with Gasteiger partial charge in [0.05, 0.1) is 12.1 Å². The van der Waals surface area contributed by atoms with Gasteiger partial charge in [0.2, 0.25) is 0 Å². The van der Waals surface area contributed by atoms with Crippen LogP contribution in [0.1, 0.15) is 46.8 Å². The van der Waals surface area contributed by atoms with E-state index in [9.17, 15) is 9.90 Å². The van der Waals surface area contributed by atoms with Gasteiger partial charge in [-0.1, -0.05) is 18.1 Å². The van der Waals surface area contributed by atoms with Gasteiger partial charge in [-0.05, 0) is 31.9 Å². The van der Waals surface area contributed by atoms with Gasteiger partial charge in [0, 0.05) is 13.0 Å². The summed E-state index contributed by atoms with van der Waals surface area (Å²) in [4.78, 5) is 12.2. The van der Waals surface area contributed by atoms with Crippen LogP contribution in [0.25, 0.3) is 0 Å². The number of aromatic hydroxyl groups is 1. The van der Waals surface area contributed by atoms with Gasteiger partial charge in [0.25, 0.3) is 5.91 Å².